The summed E-state index contributed by atoms with van der Waals surface area (Å²) in [6.45, 7) is 6.37. The standard InChI is InChI=1S/C19H29N7OS/c1-23(2)19-20-17(22-28-19)14-25-9-7-24(8-10-25)11-12-26-18(27)13-15-5-3-4-6-16(15)21-26/h13H,3-12,14H2,1-2H3. The van der Waals surface area contributed by atoms with E-state index in [1.165, 1.54) is 24.4 Å². The Hall–Kier alpha value is -1.84. The number of aromatic nitrogens is 4. The zero-order chi connectivity index (χ0) is 19.5. The summed E-state index contributed by atoms with van der Waals surface area (Å²) in [5.41, 5.74) is 2.34. The number of hydrogen-bond acceptors (Lipinski definition) is 8. The van der Waals surface area contributed by atoms with E-state index in [0.29, 0.717) is 6.54 Å². The first-order valence-corrected chi connectivity index (χ1v) is 10.9. The van der Waals surface area contributed by atoms with Gasteiger partial charge in [0.05, 0.1) is 18.8 Å². The lowest BCUT2D eigenvalue weighted by Gasteiger charge is -2.34. The van der Waals surface area contributed by atoms with Crippen LogP contribution < -0.4 is 10.5 Å². The predicted molar refractivity (Wildman–Crippen MR) is 111 cm³/mol. The molecule has 4 rings (SSSR count). The van der Waals surface area contributed by atoms with Crippen LogP contribution in [-0.4, -0.2) is 75.8 Å². The Balaban J connectivity index is 1.26. The van der Waals surface area contributed by atoms with Gasteiger partial charge in [0.15, 0.2) is 5.82 Å². The zero-order valence-corrected chi connectivity index (χ0v) is 17.6. The molecule has 2 aromatic heterocycles. The molecule has 0 bridgehead atoms. The molecule has 1 saturated heterocycles. The van der Waals surface area contributed by atoms with Crippen molar-refractivity contribution in [2.75, 3.05) is 51.7 Å². The Labute approximate surface area is 170 Å². The molecule has 9 heteroatoms. The van der Waals surface area contributed by atoms with Gasteiger partial charge in [0.25, 0.3) is 5.56 Å². The average molecular weight is 404 g/mol. The normalized spacial score (nSPS) is 18.2. The zero-order valence-electron chi connectivity index (χ0n) is 16.8. The highest BCUT2D eigenvalue weighted by Crippen LogP contribution is 2.17. The van der Waals surface area contributed by atoms with Crippen molar-refractivity contribution < 1.29 is 0 Å². The summed E-state index contributed by atoms with van der Waals surface area (Å²) in [6, 6.07) is 1.81. The Kier molecular flexibility index (Phi) is 6.03. The summed E-state index contributed by atoms with van der Waals surface area (Å²) in [5, 5.41) is 5.59. The summed E-state index contributed by atoms with van der Waals surface area (Å²) in [5.74, 6) is 0.909. The molecule has 0 saturated carbocycles. The van der Waals surface area contributed by atoms with Crippen LogP contribution >= 0.6 is 11.5 Å². The van der Waals surface area contributed by atoms with E-state index < -0.39 is 0 Å². The van der Waals surface area contributed by atoms with Gasteiger partial charge in [-0.2, -0.15) is 9.47 Å². The van der Waals surface area contributed by atoms with E-state index in [9.17, 15) is 4.79 Å². The minimum absolute atomic E-state index is 0.0468. The van der Waals surface area contributed by atoms with Crippen molar-refractivity contribution in [3.8, 4) is 0 Å². The van der Waals surface area contributed by atoms with E-state index in [1.54, 1.807) is 4.68 Å². The van der Waals surface area contributed by atoms with Gasteiger partial charge in [-0.1, -0.05) is 0 Å². The quantitative estimate of drug-likeness (QED) is 0.708. The lowest BCUT2D eigenvalue weighted by Crippen LogP contribution is -2.47. The monoisotopic (exact) mass is 403 g/mol. The van der Waals surface area contributed by atoms with Crippen molar-refractivity contribution >= 4 is 16.7 Å². The van der Waals surface area contributed by atoms with Crippen molar-refractivity contribution in [2.45, 2.75) is 38.8 Å². The summed E-state index contributed by atoms with van der Waals surface area (Å²) in [4.78, 5) is 23.7. The largest absolute Gasteiger partial charge is 0.353 e. The van der Waals surface area contributed by atoms with Gasteiger partial charge < -0.3 is 4.90 Å². The lowest BCUT2D eigenvalue weighted by atomic mass is 9.97. The van der Waals surface area contributed by atoms with Crippen LogP contribution in [0.1, 0.15) is 29.9 Å². The SMILES string of the molecule is CN(C)c1nc(CN2CCN(CCn3nc4c(cc3=O)CCCC4)CC2)ns1. The van der Waals surface area contributed by atoms with Gasteiger partial charge in [-0.15, -0.1) is 0 Å². The van der Waals surface area contributed by atoms with Gasteiger partial charge in [-0.05, 0) is 31.2 Å². The maximum atomic E-state index is 12.3. The number of fused-ring (bicyclic) bond motifs is 1. The molecule has 0 atom stereocenters. The third-order valence-electron chi connectivity index (χ3n) is 5.57. The summed E-state index contributed by atoms with van der Waals surface area (Å²) in [7, 11) is 3.98. The Morgan fingerprint density at radius 1 is 1.07 bits per heavy atom. The van der Waals surface area contributed by atoms with Crippen LogP contribution in [0.4, 0.5) is 5.13 Å². The Bertz CT molecular complexity index is 854. The van der Waals surface area contributed by atoms with E-state index in [0.717, 1.165) is 74.3 Å². The fraction of sp³-hybridized carbons (Fsp3) is 0.684. The minimum atomic E-state index is 0.0468. The maximum Gasteiger partial charge on any atom is 0.267 e. The first kappa shape index (κ1) is 19.5. The summed E-state index contributed by atoms with van der Waals surface area (Å²) < 4.78 is 6.12. The molecule has 1 fully saturated rings. The van der Waals surface area contributed by atoms with E-state index >= 15 is 0 Å². The first-order chi connectivity index (χ1) is 13.6. The van der Waals surface area contributed by atoms with Crippen LogP contribution in [0.3, 0.4) is 0 Å². The van der Waals surface area contributed by atoms with Crippen LogP contribution in [0.15, 0.2) is 10.9 Å². The summed E-state index contributed by atoms with van der Waals surface area (Å²) in [6.07, 6.45) is 4.37. The van der Waals surface area contributed by atoms with E-state index in [4.69, 9.17) is 0 Å². The molecule has 0 radical (unpaired) electrons. The summed E-state index contributed by atoms with van der Waals surface area (Å²) >= 11 is 1.45. The molecule has 8 nitrogen and oxygen atoms in total. The van der Waals surface area contributed by atoms with Crippen molar-refractivity contribution in [1.82, 2.24) is 28.9 Å². The maximum absolute atomic E-state index is 12.3. The molecule has 0 aromatic carbocycles. The lowest BCUT2D eigenvalue weighted by molar-refractivity contribution is 0.121. The third-order valence-corrected chi connectivity index (χ3v) is 6.49. The topological polar surface area (TPSA) is 70.4 Å². The van der Waals surface area contributed by atoms with Crippen molar-refractivity contribution in [1.29, 1.82) is 0 Å². The van der Waals surface area contributed by atoms with Gasteiger partial charge in [-0.25, -0.2) is 9.67 Å². The van der Waals surface area contributed by atoms with E-state index in [2.05, 4.69) is 24.3 Å². The molecular weight excluding hydrogens is 374 g/mol. The highest BCUT2D eigenvalue weighted by Gasteiger charge is 2.19. The number of rotatable bonds is 6. The number of piperazine rings is 1. The molecular formula is C19H29N7OS. The molecule has 0 N–H and O–H groups in total. The van der Waals surface area contributed by atoms with E-state index in [1.807, 2.05) is 25.1 Å². The third kappa shape index (κ3) is 4.59. The number of hydrogen-bond donors (Lipinski definition) is 0. The van der Waals surface area contributed by atoms with Gasteiger partial charge >= 0.3 is 0 Å². The highest BCUT2D eigenvalue weighted by molar-refractivity contribution is 7.09. The molecule has 2 aromatic rings. The highest BCUT2D eigenvalue weighted by atomic mass is 32.1. The van der Waals surface area contributed by atoms with Crippen molar-refractivity contribution in [3.63, 3.8) is 0 Å². The smallest absolute Gasteiger partial charge is 0.267 e. The van der Waals surface area contributed by atoms with Crippen molar-refractivity contribution in [3.05, 3.63) is 33.5 Å². The van der Waals surface area contributed by atoms with Gasteiger partial charge in [-0.3, -0.25) is 14.6 Å². The molecule has 1 aliphatic carbocycles. The molecule has 0 spiro atoms. The number of nitrogens with zero attached hydrogens (tertiary/aromatic N) is 7. The number of aryl methyl sites for hydroxylation is 2. The molecule has 152 valence electrons. The second-order valence-corrected chi connectivity index (χ2v) is 8.62. The Morgan fingerprint density at radius 3 is 2.57 bits per heavy atom. The molecule has 2 aliphatic rings. The molecule has 1 aliphatic heterocycles. The average Bonchev–Trinajstić information content (AvgIpc) is 3.16. The second-order valence-electron chi connectivity index (χ2n) is 7.89. The molecule has 0 amide bonds. The predicted octanol–water partition coefficient (Wildman–Crippen LogP) is 0.857. The number of anilines is 1. The van der Waals surface area contributed by atoms with Crippen LogP contribution in [-0.2, 0) is 25.9 Å². The molecule has 28 heavy (non-hydrogen) atoms. The van der Waals surface area contributed by atoms with Crippen LogP contribution in [0.25, 0.3) is 0 Å². The Morgan fingerprint density at radius 2 is 1.82 bits per heavy atom. The second kappa shape index (κ2) is 8.67. The van der Waals surface area contributed by atoms with Crippen LogP contribution in [0, 0.1) is 0 Å². The molecule has 0 unspecified atom stereocenters. The molecule has 3 heterocycles. The van der Waals surface area contributed by atoms with Crippen molar-refractivity contribution in [2.24, 2.45) is 0 Å². The van der Waals surface area contributed by atoms with E-state index in [-0.39, 0.29) is 5.56 Å². The minimum Gasteiger partial charge on any atom is -0.353 e. The van der Waals surface area contributed by atoms with Gasteiger partial charge in [0, 0.05) is 64.4 Å². The first-order valence-electron chi connectivity index (χ1n) is 10.1. The van der Waals surface area contributed by atoms with Crippen LogP contribution in [0.5, 0.6) is 0 Å². The fourth-order valence-electron chi connectivity index (χ4n) is 3.86. The van der Waals surface area contributed by atoms with Crippen LogP contribution in [0.2, 0.25) is 0 Å². The van der Waals surface area contributed by atoms with Gasteiger partial charge in [0.2, 0.25) is 5.13 Å². The van der Waals surface area contributed by atoms with Gasteiger partial charge in [0.1, 0.15) is 0 Å². The fourth-order valence-corrected chi connectivity index (χ4v) is 4.45.